The van der Waals surface area contributed by atoms with E-state index in [1.165, 1.54) is 12.3 Å². The molecule has 3 rings (SSSR count). The van der Waals surface area contributed by atoms with E-state index in [1.807, 2.05) is 11.9 Å². The summed E-state index contributed by atoms with van der Waals surface area (Å²) in [5, 5.41) is 0. The molecular formula is C18H25F3N4O. The van der Waals surface area contributed by atoms with Crippen LogP contribution in [0.25, 0.3) is 0 Å². The van der Waals surface area contributed by atoms with Crippen molar-refractivity contribution >= 4 is 11.7 Å². The van der Waals surface area contributed by atoms with Crippen molar-refractivity contribution in [3.05, 3.63) is 23.9 Å². The van der Waals surface area contributed by atoms with Gasteiger partial charge < -0.3 is 14.7 Å². The highest BCUT2D eigenvalue weighted by Gasteiger charge is 2.38. The molecule has 0 bridgehead atoms. The van der Waals surface area contributed by atoms with Crippen molar-refractivity contribution in [1.29, 1.82) is 0 Å². The lowest BCUT2D eigenvalue weighted by Gasteiger charge is -2.36. The van der Waals surface area contributed by atoms with Crippen LogP contribution >= 0.6 is 0 Å². The monoisotopic (exact) mass is 370 g/mol. The van der Waals surface area contributed by atoms with E-state index in [4.69, 9.17) is 0 Å². The number of hydrogen-bond acceptors (Lipinski definition) is 4. The first-order valence-electron chi connectivity index (χ1n) is 9.11. The summed E-state index contributed by atoms with van der Waals surface area (Å²) >= 11 is 0. The molecule has 144 valence electrons. The fraction of sp³-hybridized carbons (Fsp3) is 0.667. The minimum absolute atomic E-state index is 0.0619. The van der Waals surface area contributed by atoms with Crippen LogP contribution in [0.4, 0.5) is 19.0 Å². The zero-order chi connectivity index (χ0) is 18.7. The third-order valence-corrected chi connectivity index (χ3v) is 5.19. The summed E-state index contributed by atoms with van der Waals surface area (Å²) in [5.74, 6) is -0.266. The Morgan fingerprint density at radius 3 is 2.73 bits per heavy atom. The van der Waals surface area contributed by atoms with Crippen molar-refractivity contribution in [3.63, 3.8) is 0 Å². The van der Waals surface area contributed by atoms with Gasteiger partial charge in [0.05, 0.1) is 11.5 Å². The number of hydrogen-bond donors (Lipinski definition) is 0. The molecule has 1 unspecified atom stereocenters. The van der Waals surface area contributed by atoms with Crippen molar-refractivity contribution in [1.82, 2.24) is 14.8 Å². The Morgan fingerprint density at radius 1 is 1.15 bits per heavy atom. The van der Waals surface area contributed by atoms with Crippen molar-refractivity contribution in [2.24, 2.45) is 5.92 Å². The second kappa shape index (κ2) is 7.82. The molecule has 8 heteroatoms. The van der Waals surface area contributed by atoms with E-state index in [1.54, 1.807) is 4.90 Å². The number of amides is 1. The molecule has 1 aromatic rings. The van der Waals surface area contributed by atoms with Gasteiger partial charge in [-0.25, -0.2) is 4.98 Å². The topological polar surface area (TPSA) is 39.7 Å². The lowest BCUT2D eigenvalue weighted by molar-refractivity contribution is -0.137. The molecule has 0 aliphatic carbocycles. The summed E-state index contributed by atoms with van der Waals surface area (Å²) < 4.78 is 39.9. The Hall–Kier alpha value is -1.83. The number of piperidine rings is 1. The second-order valence-electron chi connectivity index (χ2n) is 7.14. The first kappa shape index (κ1) is 18.9. The molecule has 1 atom stereocenters. The molecule has 0 radical (unpaired) electrons. The van der Waals surface area contributed by atoms with Gasteiger partial charge in [-0.05, 0) is 45.0 Å². The highest BCUT2D eigenvalue weighted by atomic mass is 19.4. The summed E-state index contributed by atoms with van der Waals surface area (Å²) in [4.78, 5) is 22.6. The highest BCUT2D eigenvalue weighted by molar-refractivity contribution is 5.80. The van der Waals surface area contributed by atoms with Crippen molar-refractivity contribution in [2.75, 3.05) is 51.2 Å². The Kier molecular flexibility index (Phi) is 5.70. The van der Waals surface area contributed by atoms with E-state index in [9.17, 15) is 18.0 Å². The Balaban J connectivity index is 1.73. The molecule has 3 heterocycles. The fourth-order valence-electron chi connectivity index (χ4n) is 3.77. The number of nitrogens with zero attached hydrogens (tertiary/aromatic N) is 4. The maximum atomic E-state index is 13.3. The summed E-state index contributed by atoms with van der Waals surface area (Å²) in [6, 6.07) is 2.35. The van der Waals surface area contributed by atoms with Gasteiger partial charge in [0.15, 0.2) is 0 Å². The molecule has 0 aromatic carbocycles. The number of alkyl halides is 3. The van der Waals surface area contributed by atoms with Crippen molar-refractivity contribution in [2.45, 2.75) is 25.4 Å². The highest BCUT2D eigenvalue weighted by Crippen LogP contribution is 2.36. The molecule has 2 aliphatic rings. The quantitative estimate of drug-likeness (QED) is 0.802. The maximum Gasteiger partial charge on any atom is 0.419 e. The molecule has 1 amide bonds. The van der Waals surface area contributed by atoms with E-state index >= 15 is 0 Å². The first-order chi connectivity index (χ1) is 12.4. The minimum Gasteiger partial charge on any atom is -0.355 e. The summed E-state index contributed by atoms with van der Waals surface area (Å²) in [6.45, 7) is 3.99. The molecule has 0 N–H and O–H groups in total. The van der Waals surface area contributed by atoms with Crippen LogP contribution in [0.3, 0.4) is 0 Å². The molecule has 2 fully saturated rings. The van der Waals surface area contributed by atoms with Crippen LogP contribution in [0, 0.1) is 5.92 Å². The van der Waals surface area contributed by atoms with Crippen LogP contribution in [0.5, 0.6) is 0 Å². The van der Waals surface area contributed by atoms with Crippen LogP contribution in [0.1, 0.15) is 24.8 Å². The van der Waals surface area contributed by atoms with Gasteiger partial charge in [0.1, 0.15) is 5.82 Å². The number of aromatic nitrogens is 1. The van der Waals surface area contributed by atoms with Gasteiger partial charge in [-0.15, -0.1) is 0 Å². The molecule has 26 heavy (non-hydrogen) atoms. The predicted molar refractivity (Wildman–Crippen MR) is 92.9 cm³/mol. The number of rotatable bonds is 2. The Morgan fingerprint density at radius 2 is 1.96 bits per heavy atom. The van der Waals surface area contributed by atoms with Gasteiger partial charge in [-0.3, -0.25) is 4.79 Å². The largest absolute Gasteiger partial charge is 0.419 e. The predicted octanol–water partition coefficient (Wildman–Crippen LogP) is 2.48. The molecular weight excluding hydrogens is 345 g/mol. The summed E-state index contributed by atoms with van der Waals surface area (Å²) in [6.07, 6.45) is -0.735. The molecule has 1 aromatic heterocycles. The first-order valence-corrected chi connectivity index (χ1v) is 9.11. The molecule has 5 nitrogen and oxygen atoms in total. The zero-order valence-corrected chi connectivity index (χ0v) is 15.0. The van der Waals surface area contributed by atoms with E-state index < -0.39 is 11.7 Å². The van der Waals surface area contributed by atoms with Crippen LogP contribution in [0.15, 0.2) is 18.3 Å². The third kappa shape index (κ3) is 4.28. The van der Waals surface area contributed by atoms with Crippen LogP contribution < -0.4 is 4.90 Å². The third-order valence-electron chi connectivity index (χ3n) is 5.19. The Bertz CT molecular complexity index is 637. The second-order valence-corrected chi connectivity index (χ2v) is 7.14. The van der Waals surface area contributed by atoms with Crippen LogP contribution in [0.2, 0.25) is 0 Å². The fourth-order valence-corrected chi connectivity index (χ4v) is 3.77. The Labute approximate surface area is 151 Å². The van der Waals surface area contributed by atoms with Crippen molar-refractivity contribution in [3.8, 4) is 0 Å². The lowest BCUT2D eigenvalue weighted by atomic mass is 9.96. The summed E-state index contributed by atoms with van der Waals surface area (Å²) in [7, 11) is 2.04. The molecule has 0 spiro atoms. The normalized spacial score (nSPS) is 23.0. The number of pyridine rings is 1. The maximum absolute atomic E-state index is 13.3. The molecule has 0 saturated carbocycles. The van der Waals surface area contributed by atoms with Gasteiger partial charge >= 0.3 is 6.18 Å². The SMILES string of the molecule is CN1CCCN(C(=O)C2CCCN(c3ncccc3C(F)(F)F)C2)CC1. The average Bonchev–Trinajstić information content (AvgIpc) is 2.85. The van der Waals surface area contributed by atoms with Gasteiger partial charge in [0, 0.05) is 38.9 Å². The average molecular weight is 370 g/mol. The van der Waals surface area contributed by atoms with E-state index in [-0.39, 0.29) is 17.6 Å². The van der Waals surface area contributed by atoms with Gasteiger partial charge in [-0.1, -0.05) is 0 Å². The smallest absolute Gasteiger partial charge is 0.355 e. The van der Waals surface area contributed by atoms with E-state index in [0.717, 1.165) is 38.5 Å². The minimum atomic E-state index is -4.45. The van der Waals surface area contributed by atoms with Crippen LogP contribution in [-0.4, -0.2) is 67.0 Å². The molecule has 2 aliphatic heterocycles. The van der Waals surface area contributed by atoms with E-state index in [0.29, 0.717) is 26.1 Å². The molecule has 2 saturated heterocycles. The number of likely N-dealkylation sites (N-methyl/N-ethyl adjacent to an activating group) is 1. The van der Waals surface area contributed by atoms with Crippen LogP contribution in [-0.2, 0) is 11.0 Å². The van der Waals surface area contributed by atoms with Crippen molar-refractivity contribution < 1.29 is 18.0 Å². The number of anilines is 1. The van der Waals surface area contributed by atoms with Gasteiger partial charge in [0.2, 0.25) is 5.91 Å². The standard InChI is InChI=1S/C18H25F3N4O/c1-23-8-4-10-24(12-11-23)17(26)14-5-3-9-25(13-14)16-15(18(19,20)21)6-2-7-22-16/h2,6-7,14H,3-5,8-13H2,1H3. The number of carbonyl (C=O) groups excluding carboxylic acids is 1. The number of halogens is 3. The van der Waals surface area contributed by atoms with Gasteiger partial charge in [0.25, 0.3) is 0 Å². The lowest BCUT2D eigenvalue weighted by Crippen LogP contribution is -2.46. The summed E-state index contributed by atoms with van der Waals surface area (Å²) in [5.41, 5.74) is -0.732. The number of carbonyl (C=O) groups is 1. The zero-order valence-electron chi connectivity index (χ0n) is 15.0. The van der Waals surface area contributed by atoms with Gasteiger partial charge in [-0.2, -0.15) is 13.2 Å². The van der Waals surface area contributed by atoms with E-state index in [2.05, 4.69) is 9.88 Å².